The summed E-state index contributed by atoms with van der Waals surface area (Å²) in [6.07, 6.45) is 2.22. The molecule has 0 heterocycles. The molecule has 0 saturated heterocycles. The summed E-state index contributed by atoms with van der Waals surface area (Å²) in [7, 11) is 0. The average Bonchev–Trinajstić information content (AvgIpc) is 2.09. The van der Waals surface area contributed by atoms with Crippen molar-refractivity contribution in [3.8, 4) is 0 Å². The van der Waals surface area contributed by atoms with Gasteiger partial charge >= 0.3 is 5.97 Å². The molecule has 0 bridgehead atoms. The Bertz CT molecular complexity index is 258. The second-order valence-corrected chi connectivity index (χ2v) is 2.49. The summed E-state index contributed by atoms with van der Waals surface area (Å²) in [4.78, 5) is 21.0. The third-order valence-electron chi connectivity index (χ3n) is 1.11. The summed E-state index contributed by atoms with van der Waals surface area (Å²) in [5.74, 6) is -1.06. The van der Waals surface area contributed by atoms with Crippen LogP contribution in [0.25, 0.3) is 0 Å². The first kappa shape index (κ1) is 12.2. The summed E-state index contributed by atoms with van der Waals surface area (Å²) in [5, 5.41) is 0. The molecule has 0 atom stereocenters. The lowest BCUT2D eigenvalue weighted by molar-refractivity contribution is -0.140. The lowest BCUT2D eigenvalue weighted by atomic mass is 10.4. The Morgan fingerprint density at radius 1 is 1.43 bits per heavy atom. The highest BCUT2D eigenvalue weighted by Crippen LogP contribution is 1.91. The first-order valence-corrected chi connectivity index (χ1v) is 3.94. The van der Waals surface area contributed by atoms with Crippen molar-refractivity contribution in [2.45, 2.75) is 6.92 Å². The van der Waals surface area contributed by atoms with Crippen LogP contribution in [0.5, 0.6) is 0 Å². The number of ether oxygens (including phenoxy) is 2. The molecular formula is C9H13NO4. The second-order valence-electron chi connectivity index (χ2n) is 2.49. The Morgan fingerprint density at radius 3 is 2.57 bits per heavy atom. The van der Waals surface area contributed by atoms with Gasteiger partial charge in [-0.15, -0.1) is 0 Å². The molecule has 0 aromatic rings. The molecule has 0 aliphatic heterocycles. The van der Waals surface area contributed by atoms with Crippen molar-refractivity contribution in [2.24, 2.45) is 5.73 Å². The molecule has 5 nitrogen and oxygen atoms in total. The minimum atomic E-state index is -0.594. The van der Waals surface area contributed by atoms with Gasteiger partial charge in [0.25, 0.3) is 0 Å². The SMILES string of the molecule is C=C(C)C(=O)OCCO/C=C/C(N)=O. The van der Waals surface area contributed by atoms with Gasteiger partial charge in [0.2, 0.25) is 5.91 Å². The van der Waals surface area contributed by atoms with Crippen LogP contribution < -0.4 is 5.73 Å². The predicted octanol–water partition coefficient (Wildman–Crippen LogP) is 0.121. The number of carbonyl (C=O) groups is 2. The van der Waals surface area contributed by atoms with Crippen molar-refractivity contribution >= 4 is 11.9 Å². The Morgan fingerprint density at radius 2 is 2.07 bits per heavy atom. The fourth-order valence-electron chi connectivity index (χ4n) is 0.489. The van der Waals surface area contributed by atoms with E-state index in [9.17, 15) is 9.59 Å². The highest BCUT2D eigenvalue weighted by atomic mass is 16.6. The van der Waals surface area contributed by atoms with Crippen LogP contribution in [0.2, 0.25) is 0 Å². The largest absolute Gasteiger partial charge is 0.497 e. The summed E-state index contributed by atoms with van der Waals surface area (Å²) in [5.41, 5.74) is 5.12. The summed E-state index contributed by atoms with van der Waals surface area (Å²) in [6.45, 7) is 5.23. The maximum absolute atomic E-state index is 10.8. The van der Waals surface area contributed by atoms with Crippen LogP contribution in [0.4, 0.5) is 0 Å². The lowest BCUT2D eigenvalue weighted by Crippen LogP contribution is -2.10. The number of amides is 1. The van der Waals surface area contributed by atoms with Crippen LogP contribution in [-0.2, 0) is 19.1 Å². The highest BCUT2D eigenvalue weighted by molar-refractivity contribution is 5.86. The molecule has 0 spiro atoms. The first-order valence-electron chi connectivity index (χ1n) is 3.94. The number of primary amides is 1. The van der Waals surface area contributed by atoms with Gasteiger partial charge in [0.15, 0.2) is 0 Å². The van der Waals surface area contributed by atoms with Crippen molar-refractivity contribution in [3.05, 3.63) is 24.5 Å². The third-order valence-corrected chi connectivity index (χ3v) is 1.11. The van der Waals surface area contributed by atoms with Gasteiger partial charge in [0, 0.05) is 11.6 Å². The van der Waals surface area contributed by atoms with Gasteiger partial charge in [-0.3, -0.25) is 4.79 Å². The molecule has 0 saturated carbocycles. The maximum Gasteiger partial charge on any atom is 0.333 e. The Balaban J connectivity index is 3.43. The van der Waals surface area contributed by atoms with E-state index in [-0.39, 0.29) is 13.2 Å². The van der Waals surface area contributed by atoms with Crippen LogP contribution in [0.1, 0.15) is 6.92 Å². The number of esters is 1. The monoisotopic (exact) mass is 199 g/mol. The van der Waals surface area contributed by atoms with E-state index in [1.165, 1.54) is 0 Å². The van der Waals surface area contributed by atoms with Gasteiger partial charge in [0.05, 0.1) is 6.26 Å². The van der Waals surface area contributed by atoms with Gasteiger partial charge in [-0.2, -0.15) is 0 Å². The van der Waals surface area contributed by atoms with Gasteiger partial charge in [-0.05, 0) is 6.92 Å². The van der Waals surface area contributed by atoms with Crippen molar-refractivity contribution in [1.82, 2.24) is 0 Å². The standard InChI is InChI=1S/C9H13NO4/c1-7(2)9(12)14-6-5-13-4-3-8(10)11/h3-4H,1,5-6H2,2H3,(H2,10,11)/b4-3+. The third kappa shape index (κ3) is 6.90. The summed E-state index contributed by atoms with van der Waals surface area (Å²) in [6, 6.07) is 0. The molecule has 0 radical (unpaired) electrons. The smallest absolute Gasteiger partial charge is 0.333 e. The number of rotatable bonds is 6. The number of hydrogen-bond donors (Lipinski definition) is 1. The quantitative estimate of drug-likeness (QED) is 0.285. The molecule has 0 unspecified atom stereocenters. The minimum Gasteiger partial charge on any atom is -0.497 e. The molecule has 0 aliphatic rings. The van der Waals surface area contributed by atoms with Gasteiger partial charge in [-0.25, -0.2) is 4.79 Å². The molecule has 5 heteroatoms. The van der Waals surface area contributed by atoms with Crippen molar-refractivity contribution in [2.75, 3.05) is 13.2 Å². The zero-order valence-corrected chi connectivity index (χ0v) is 7.99. The highest BCUT2D eigenvalue weighted by Gasteiger charge is 2.01. The fraction of sp³-hybridized carbons (Fsp3) is 0.333. The van der Waals surface area contributed by atoms with E-state index < -0.39 is 11.9 Å². The van der Waals surface area contributed by atoms with E-state index in [0.717, 1.165) is 12.3 Å². The molecule has 2 N–H and O–H groups in total. The fourth-order valence-corrected chi connectivity index (χ4v) is 0.489. The average molecular weight is 199 g/mol. The molecule has 0 aliphatic carbocycles. The minimum absolute atomic E-state index is 0.106. The van der Waals surface area contributed by atoms with Gasteiger partial charge in [0.1, 0.15) is 13.2 Å². The molecule has 0 fully saturated rings. The molecule has 78 valence electrons. The van der Waals surface area contributed by atoms with E-state index in [1.807, 2.05) is 0 Å². The second kappa shape index (κ2) is 6.71. The van der Waals surface area contributed by atoms with Crippen LogP contribution in [0, 0.1) is 0 Å². The molecular weight excluding hydrogens is 186 g/mol. The summed E-state index contributed by atoms with van der Waals surface area (Å²) < 4.78 is 9.48. The Kier molecular flexibility index (Phi) is 5.85. The van der Waals surface area contributed by atoms with Crippen LogP contribution >= 0.6 is 0 Å². The van der Waals surface area contributed by atoms with Crippen molar-refractivity contribution in [1.29, 1.82) is 0 Å². The number of hydrogen-bond acceptors (Lipinski definition) is 4. The van der Waals surface area contributed by atoms with E-state index in [1.54, 1.807) is 6.92 Å². The zero-order chi connectivity index (χ0) is 11.0. The first-order chi connectivity index (χ1) is 6.54. The topological polar surface area (TPSA) is 78.6 Å². The normalized spacial score (nSPS) is 9.79. The molecule has 1 amide bonds. The zero-order valence-electron chi connectivity index (χ0n) is 7.99. The molecule has 0 rings (SSSR count). The Labute approximate surface area is 82.2 Å². The van der Waals surface area contributed by atoms with Gasteiger partial charge < -0.3 is 15.2 Å². The van der Waals surface area contributed by atoms with E-state index in [2.05, 4.69) is 6.58 Å². The van der Waals surface area contributed by atoms with E-state index in [0.29, 0.717) is 5.57 Å². The van der Waals surface area contributed by atoms with Crippen LogP contribution in [-0.4, -0.2) is 25.1 Å². The molecule has 0 aromatic heterocycles. The summed E-state index contributed by atoms with van der Waals surface area (Å²) >= 11 is 0. The maximum atomic E-state index is 10.8. The molecule has 14 heavy (non-hydrogen) atoms. The van der Waals surface area contributed by atoms with Gasteiger partial charge in [-0.1, -0.05) is 6.58 Å². The predicted molar refractivity (Wildman–Crippen MR) is 50.1 cm³/mol. The van der Waals surface area contributed by atoms with E-state index >= 15 is 0 Å². The Hall–Kier alpha value is -1.78. The number of nitrogens with two attached hydrogens (primary N) is 1. The lowest BCUT2D eigenvalue weighted by Gasteiger charge is -2.03. The van der Waals surface area contributed by atoms with Crippen molar-refractivity contribution < 1.29 is 19.1 Å². The van der Waals surface area contributed by atoms with Crippen molar-refractivity contribution in [3.63, 3.8) is 0 Å². The number of carbonyl (C=O) groups excluding carboxylic acids is 2. The molecule has 0 aromatic carbocycles. The van der Waals surface area contributed by atoms with E-state index in [4.69, 9.17) is 15.2 Å². The van der Waals surface area contributed by atoms with Crippen LogP contribution in [0.15, 0.2) is 24.5 Å². The van der Waals surface area contributed by atoms with Crippen LogP contribution in [0.3, 0.4) is 0 Å².